The van der Waals surface area contributed by atoms with E-state index in [4.69, 9.17) is 4.74 Å². The summed E-state index contributed by atoms with van der Waals surface area (Å²) in [4.78, 5) is 38.8. The van der Waals surface area contributed by atoms with Crippen LogP contribution in [0.1, 0.15) is 20.3 Å². The van der Waals surface area contributed by atoms with Crippen LogP contribution in [0.15, 0.2) is 42.5 Å². The van der Waals surface area contributed by atoms with E-state index in [1.807, 2.05) is 56.3 Å². The number of anilines is 1. The van der Waals surface area contributed by atoms with Gasteiger partial charge < -0.3 is 15.0 Å². The van der Waals surface area contributed by atoms with Crippen LogP contribution in [-0.4, -0.2) is 37.5 Å². The number of esters is 1. The van der Waals surface area contributed by atoms with Gasteiger partial charge in [0.05, 0.1) is 18.7 Å². The number of nitrogens with zero attached hydrogens (tertiary/aromatic N) is 1. The molecule has 1 unspecified atom stereocenters. The number of nitrogens with one attached hydrogen (secondary N) is 1. The third kappa shape index (κ3) is 3.79. The highest BCUT2D eigenvalue weighted by atomic mass is 16.5. The molecule has 0 aromatic heterocycles. The lowest BCUT2D eigenvalue weighted by atomic mass is 10.0. The smallest absolute Gasteiger partial charge is 0.328 e. The minimum Gasteiger partial charge on any atom is -0.467 e. The van der Waals surface area contributed by atoms with Crippen LogP contribution < -0.4 is 10.2 Å². The molecule has 0 saturated carbocycles. The van der Waals surface area contributed by atoms with Crippen molar-refractivity contribution in [2.75, 3.05) is 18.6 Å². The van der Waals surface area contributed by atoms with E-state index < -0.39 is 17.9 Å². The number of hydrogen-bond donors (Lipinski definition) is 1. The highest BCUT2D eigenvalue weighted by Crippen LogP contribution is 2.31. The summed E-state index contributed by atoms with van der Waals surface area (Å²) in [6, 6.07) is 12.9. The molecule has 6 heteroatoms. The summed E-state index contributed by atoms with van der Waals surface area (Å²) in [5.74, 6) is -1.47. The van der Waals surface area contributed by atoms with Gasteiger partial charge in [-0.1, -0.05) is 50.2 Å². The first-order valence-electron chi connectivity index (χ1n) is 9.08. The summed E-state index contributed by atoms with van der Waals surface area (Å²) in [6.07, 6.45) is 0.126. The van der Waals surface area contributed by atoms with Crippen LogP contribution in [0.2, 0.25) is 0 Å². The molecule has 3 rings (SSSR count). The van der Waals surface area contributed by atoms with Crippen molar-refractivity contribution in [1.29, 1.82) is 0 Å². The summed E-state index contributed by atoms with van der Waals surface area (Å²) in [5, 5.41) is 4.77. The molecular weight excluding hydrogens is 344 g/mol. The Morgan fingerprint density at radius 1 is 1.15 bits per heavy atom. The summed E-state index contributed by atoms with van der Waals surface area (Å²) >= 11 is 0. The lowest BCUT2D eigenvalue weighted by Crippen LogP contribution is -2.47. The van der Waals surface area contributed by atoms with Crippen LogP contribution in [0.5, 0.6) is 0 Å². The molecule has 0 bridgehead atoms. The Morgan fingerprint density at radius 2 is 1.85 bits per heavy atom. The summed E-state index contributed by atoms with van der Waals surface area (Å²) in [6.45, 7) is 3.97. The Kier molecular flexibility index (Phi) is 5.44. The van der Waals surface area contributed by atoms with Gasteiger partial charge in [0.25, 0.3) is 0 Å². The van der Waals surface area contributed by atoms with Gasteiger partial charge in [-0.3, -0.25) is 9.59 Å². The van der Waals surface area contributed by atoms with Crippen molar-refractivity contribution in [3.05, 3.63) is 42.5 Å². The second-order valence-corrected chi connectivity index (χ2v) is 7.16. The zero-order chi connectivity index (χ0) is 19.6. The van der Waals surface area contributed by atoms with Gasteiger partial charge in [0.1, 0.15) is 6.04 Å². The molecule has 2 aromatic rings. The third-order valence-corrected chi connectivity index (χ3v) is 4.97. The molecule has 2 atom stereocenters. The number of benzene rings is 2. The molecule has 1 aliphatic heterocycles. The SMILES string of the molecule is COC(=O)[C@@H](NC(=O)C1CC(=O)N(c2cccc3ccccc23)C1)C(C)C. The van der Waals surface area contributed by atoms with Crippen molar-refractivity contribution in [2.24, 2.45) is 11.8 Å². The normalized spacial score (nSPS) is 18.0. The molecule has 1 fully saturated rings. The molecular formula is C21H24N2O4. The number of carbonyl (C=O) groups is 3. The Morgan fingerprint density at radius 3 is 2.56 bits per heavy atom. The largest absolute Gasteiger partial charge is 0.467 e. The average Bonchev–Trinajstić information content (AvgIpc) is 3.06. The Hall–Kier alpha value is -2.89. The van der Waals surface area contributed by atoms with E-state index in [2.05, 4.69) is 5.32 Å². The van der Waals surface area contributed by atoms with E-state index in [1.54, 1.807) is 4.90 Å². The van der Waals surface area contributed by atoms with Crippen LogP contribution >= 0.6 is 0 Å². The Balaban J connectivity index is 1.79. The van der Waals surface area contributed by atoms with Crippen molar-refractivity contribution >= 4 is 34.2 Å². The molecule has 1 N–H and O–H groups in total. The van der Waals surface area contributed by atoms with E-state index in [9.17, 15) is 14.4 Å². The molecule has 2 aromatic carbocycles. The number of amides is 2. The maximum Gasteiger partial charge on any atom is 0.328 e. The van der Waals surface area contributed by atoms with Crippen molar-refractivity contribution in [2.45, 2.75) is 26.3 Å². The summed E-state index contributed by atoms with van der Waals surface area (Å²) in [5.41, 5.74) is 0.807. The minimum atomic E-state index is -0.718. The maximum absolute atomic E-state index is 12.7. The van der Waals surface area contributed by atoms with Gasteiger partial charge in [-0.15, -0.1) is 0 Å². The van der Waals surface area contributed by atoms with Crippen molar-refractivity contribution in [3.63, 3.8) is 0 Å². The standard InChI is InChI=1S/C21H24N2O4/c1-13(2)19(21(26)27-3)22-20(25)15-11-18(24)23(12-15)17-10-6-8-14-7-4-5-9-16(14)17/h4-10,13,15,19H,11-12H2,1-3H3,(H,22,25)/t15?,19-/m0/s1. The molecule has 0 aliphatic carbocycles. The van der Waals surface area contributed by atoms with Crippen molar-refractivity contribution < 1.29 is 19.1 Å². The fraction of sp³-hybridized carbons (Fsp3) is 0.381. The predicted octanol–water partition coefficient (Wildman–Crippen LogP) is 2.51. The molecule has 27 heavy (non-hydrogen) atoms. The summed E-state index contributed by atoms with van der Waals surface area (Å²) < 4.78 is 4.77. The number of fused-ring (bicyclic) bond motifs is 1. The van der Waals surface area contributed by atoms with Crippen molar-refractivity contribution in [1.82, 2.24) is 5.32 Å². The topological polar surface area (TPSA) is 75.7 Å². The van der Waals surface area contributed by atoms with Gasteiger partial charge >= 0.3 is 5.97 Å². The Bertz CT molecular complexity index is 872. The molecule has 142 valence electrons. The van der Waals surface area contributed by atoms with Crippen LogP contribution in [0.4, 0.5) is 5.69 Å². The first-order chi connectivity index (χ1) is 12.9. The third-order valence-electron chi connectivity index (χ3n) is 4.97. The molecule has 6 nitrogen and oxygen atoms in total. The number of methoxy groups -OCH3 is 1. The fourth-order valence-corrected chi connectivity index (χ4v) is 3.46. The lowest BCUT2D eigenvalue weighted by Gasteiger charge is -2.22. The van der Waals surface area contributed by atoms with Gasteiger partial charge in [0, 0.05) is 18.4 Å². The molecule has 2 amide bonds. The van der Waals surface area contributed by atoms with Gasteiger partial charge in [0.15, 0.2) is 0 Å². The maximum atomic E-state index is 12.7. The number of ether oxygens (including phenoxy) is 1. The van der Waals surface area contributed by atoms with Gasteiger partial charge in [0.2, 0.25) is 11.8 Å². The quantitative estimate of drug-likeness (QED) is 0.823. The molecule has 1 aliphatic rings. The minimum absolute atomic E-state index is 0.0920. The predicted molar refractivity (Wildman–Crippen MR) is 103 cm³/mol. The van der Waals surface area contributed by atoms with E-state index in [1.165, 1.54) is 7.11 Å². The summed E-state index contributed by atoms with van der Waals surface area (Å²) in [7, 11) is 1.30. The number of rotatable bonds is 5. The van der Waals surface area contributed by atoms with E-state index >= 15 is 0 Å². The zero-order valence-corrected chi connectivity index (χ0v) is 15.8. The molecule has 0 spiro atoms. The first kappa shape index (κ1) is 18.9. The average molecular weight is 368 g/mol. The van der Waals surface area contributed by atoms with Crippen LogP contribution in [0, 0.1) is 11.8 Å². The van der Waals surface area contributed by atoms with E-state index in [0.717, 1.165) is 16.5 Å². The highest BCUT2D eigenvalue weighted by Gasteiger charge is 2.37. The van der Waals surface area contributed by atoms with Crippen LogP contribution in [0.25, 0.3) is 10.8 Å². The number of hydrogen-bond acceptors (Lipinski definition) is 4. The first-order valence-corrected chi connectivity index (χ1v) is 9.08. The van der Waals surface area contributed by atoms with Gasteiger partial charge in [-0.2, -0.15) is 0 Å². The molecule has 1 heterocycles. The second-order valence-electron chi connectivity index (χ2n) is 7.16. The lowest BCUT2D eigenvalue weighted by molar-refractivity contribution is -0.146. The fourth-order valence-electron chi connectivity index (χ4n) is 3.46. The molecule has 0 radical (unpaired) electrons. The van der Waals surface area contributed by atoms with E-state index in [0.29, 0.717) is 6.54 Å². The van der Waals surface area contributed by atoms with E-state index in [-0.39, 0.29) is 24.2 Å². The van der Waals surface area contributed by atoms with Crippen LogP contribution in [0.3, 0.4) is 0 Å². The number of carbonyl (C=O) groups excluding carboxylic acids is 3. The highest BCUT2D eigenvalue weighted by molar-refractivity contribution is 6.07. The van der Waals surface area contributed by atoms with Crippen LogP contribution in [-0.2, 0) is 19.1 Å². The van der Waals surface area contributed by atoms with Gasteiger partial charge in [-0.05, 0) is 17.4 Å². The van der Waals surface area contributed by atoms with Gasteiger partial charge in [-0.25, -0.2) is 4.79 Å². The Labute approximate surface area is 158 Å². The van der Waals surface area contributed by atoms with Crippen molar-refractivity contribution in [3.8, 4) is 0 Å². The second kappa shape index (κ2) is 7.78. The monoisotopic (exact) mass is 368 g/mol. The zero-order valence-electron chi connectivity index (χ0n) is 15.8. The molecule has 1 saturated heterocycles.